The zero-order chi connectivity index (χ0) is 24.3. The Kier molecular flexibility index (Phi) is 4.90. The van der Waals surface area contributed by atoms with Crippen molar-refractivity contribution in [3.05, 3.63) is 107 Å². The minimum absolute atomic E-state index is 0.0136. The van der Waals surface area contributed by atoms with E-state index in [4.69, 9.17) is 0 Å². The summed E-state index contributed by atoms with van der Waals surface area (Å²) in [4.78, 5) is 17.1. The van der Waals surface area contributed by atoms with E-state index in [1.54, 1.807) is 12.1 Å². The van der Waals surface area contributed by atoms with Gasteiger partial charge < -0.3 is 10.2 Å². The summed E-state index contributed by atoms with van der Waals surface area (Å²) in [5.74, 6) is -0.138. The second-order valence-corrected chi connectivity index (χ2v) is 10.5. The highest BCUT2D eigenvalue weighted by Crippen LogP contribution is 2.46. The lowest BCUT2D eigenvalue weighted by Crippen LogP contribution is -2.54. The van der Waals surface area contributed by atoms with Gasteiger partial charge >= 0.3 is 0 Å². The van der Waals surface area contributed by atoms with E-state index in [1.165, 1.54) is 29.5 Å². The van der Waals surface area contributed by atoms with Crippen LogP contribution in [0.25, 0.3) is 10.8 Å². The minimum atomic E-state index is -0.125. The fourth-order valence-electron chi connectivity index (χ4n) is 6.10. The zero-order valence-electron chi connectivity index (χ0n) is 20.1. The Morgan fingerprint density at radius 2 is 1.67 bits per heavy atom. The largest absolute Gasteiger partial charge is 0.366 e. The molecule has 7 rings (SSSR count). The summed E-state index contributed by atoms with van der Waals surface area (Å²) in [5.41, 5.74) is 6.41. The summed E-state index contributed by atoms with van der Waals surface area (Å²) in [6.45, 7) is 3.63. The minimum Gasteiger partial charge on any atom is -0.366 e. The molecule has 0 atom stereocenters. The molecule has 0 aromatic heterocycles. The van der Waals surface area contributed by atoms with Gasteiger partial charge in [-0.3, -0.25) is 9.69 Å². The molecule has 0 unspecified atom stereocenters. The molecule has 1 spiro atoms. The van der Waals surface area contributed by atoms with Crippen LogP contribution in [0.3, 0.4) is 0 Å². The van der Waals surface area contributed by atoms with Gasteiger partial charge in [-0.1, -0.05) is 54.6 Å². The highest BCUT2D eigenvalue weighted by Gasteiger charge is 2.51. The Hall–Kier alpha value is -3.70. The topological polar surface area (TPSA) is 35.6 Å². The molecule has 1 saturated heterocycles. The second-order valence-electron chi connectivity index (χ2n) is 10.5. The van der Waals surface area contributed by atoms with Crippen molar-refractivity contribution in [2.45, 2.75) is 31.3 Å². The lowest BCUT2D eigenvalue weighted by molar-refractivity contribution is 0.103. The Labute approximate surface area is 210 Å². The quantitative estimate of drug-likeness (QED) is 0.384. The Bertz CT molecular complexity index is 1490. The lowest BCUT2D eigenvalue weighted by Gasteiger charge is -2.43. The monoisotopic (exact) mass is 477 g/mol. The van der Waals surface area contributed by atoms with Gasteiger partial charge in [0, 0.05) is 48.4 Å². The number of carbonyl (C=O) groups is 1. The third-order valence-corrected chi connectivity index (χ3v) is 8.23. The van der Waals surface area contributed by atoms with Crippen LogP contribution in [0.1, 0.15) is 39.9 Å². The van der Waals surface area contributed by atoms with Gasteiger partial charge in [-0.25, -0.2) is 4.39 Å². The molecule has 2 heterocycles. The molecular formula is C31H28FN3O. The van der Waals surface area contributed by atoms with Crippen molar-refractivity contribution in [3.8, 4) is 0 Å². The number of hydrogen-bond acceptors (Lipinski definition) is 3. The zero-order valence-corrected chi connectivity index (χ0v) is 20.1. The molecule has 1 N–H and O–H groups in total. The predicted molar refractivity (Wildman–Crippen MR) is 142 cm³/mol. The van der Waals surface area contributed by atoms with Crippen LogP contribution in [0.15, 0.2) is 78.9 Å². The number of nitrogens with one attached hydrogen (secondary N) is 1. The van der Waals surface area contributed by atoms with Crippen LogP contribution < -0.4 is 10.2 Å². The molecule has 0 bridgehead atoms. The van der Waals surface area contributed by atoms with E-state index in [1.807, 2.05) is 30.3 Å². The van der Waals surface area contributed by atoms with Gasteiger partial charge in [0.1, 0.15) is 5.82 Å². The second kappa shape index (κ2) is 8.17. The maximum absolute atomic E-state index is 14.4. The highest BCUT2D eigenvalue weighted by molar-refractivity contribution is 6.24. The van der Waals surface area contributed by atoms with Crippen molar-refractivity contribution in [1.82, 2.24) is 4.90 Å². The standard InChI is InChI=1S/C31H28FN3O/c32-26-6-1-2-7-28(26)34-16-17-35(31(20-34)14-15-31)19-22-10-8-21(9-11-22)18-23-12-13-27-29-24(23)4-3-5-25(29)30(36)33-27/h1-13H,14-20H2,(H,33,36). The van der Waals surface area contributed by atoms with Crippen LogP contribution in [0.2, 0.25) is 0 Å². The van der Waals surface area contributed by atoms with E-state index < -0.39 is 0 Å². The van der Waals surface area contributed by atoms with Gasteiger partial charge in [-0.05, 0) is 65.6 Å². The first-order valence-electron chi connectivity index (χ1n) is 12.8. The summed E-state index contributed by atoms with van der Waals surface area (Å²) < 4.78 is 14.4. The van der Waals surface area contributed by atoms with Gasteiger partial charge in [-0.2, -0.15) is 0 Å². The summed E-state index contributed by atoms with van der Waals surface area (Å²) in [7, 11) is 0. The first-order valence-corrected chi connectivity index (χ1v) is 12.8. The predicted octanol–water partition coefficient (Wildman–Crippen LogP) is 5.99. The molecule has 1 saturated carbocycles. The number of para-hydroxylation sites is 1. The van der Waals surface area contributed by atoms with E-state index in [0.29, 0.717) is 0 Å². The van der Waals surface area contributed by atoms with Gasteiger partial charge in [0.15, 0.2) is 0 Å². The Balaban J connectivity index is 1.06. The first-order chi connectivity index (χ1) is 17.6. The van der Waals surface area contributed by atoms with Crippen molar-refractivity contribution in [2.75, 3.05) is 29.9 Å². The van der Waals surface area contributed by atoms with Crippen LogP contribution in [-0.4, -0.2) is 36.0 Å². The molecule has 36 heavy (non-hydrogen) atoms. The first kappa shape index (κ1) is 21.6. The number of hydrogen-bond donors (Lipinski definition) is 1. The number of halogens is 1. The van der Waals surface area contributed by atoms with Crippen LogP contribution in [0, 0.1) is 5.82 Å². The molecule has 3 aliphatic rings. The normalized spacial score (nSPS) is 18.1. The van der Waals surface area contributed by atoms with Crippen LogP contribution in [0.5, 0.6) is 0 Å². The van der Waals surface area contributed by atoms with Gasteiger partial charge in [-0.15, -0.1) is 0 Å². The molecular weight excluding hydrogens is 449 g/mol. The summed E-state index contributed by atoms with van der Waals surface area (Å²) in [5, 5.41) is 5.16. The fraction of sp³-hybridized carbons (Fsp3) is 0.258. The molecule has 1 aliphatic carbocycles. The average molecular weight is 478 g/mol. The summed E-state index contributed by atoms with van der Waals surface area (Å²) in [6.07, 6.45) is 3.19. The lowest BCUT2D eigenvalue weighted by atomic mass is 9.95. The molecule has 0 radical (unpaired) electrons. The maximum atomic E-state index is 14.4. The fourth-order valence-corrected chi connectivity index (χ4v) is 6.10. The molecule has 180 valence electrons. The molecule has 4 nitrogen and oxygen atoms in total. The van der Waals surface area contributed by atoms with E-state index in [-0.39, 0.29) is 17.3 Å². The van der Waals surface area contributed by atoms with Gasteiger partial charge in [0.05, 0.1) is 5.69 Å². The molecule has 4 aromatic carbocycles. The summed E-state index contributed by atoms with van der Waals surface area (Å²) >= 11 is 0. The number of carbonyl (C=O) groups excluding carboxylic acids is 1. The molecule has 5 heteroatoms. The number of piperazine rings is 1. The number of amides is 1. The maximum Gasteiger partial charge on any atom is 0.256 e. The highest BCUT2D eigenvalue weighted by atomic mass is 19.1. The van der Waals surface area contributed by atoms with Crippen molar-refractivity contribution in [3.63, 3.8) is 0 Å². The van der Waals surface area contributed by atoms with E-state index in [9.17, 15) is 9.18 Å². The number of benzene rings is 4. The van der Waals surface area contributed by atoms with E-state index in [2.05, 4.69) is 51.5 Å². The van der Waals surface area contributed by atoms with Crippen molar-refractivity contribution in [1.29, 1.82) is 0 Å². The third-order valence-electron chi connectivity index (χ3n) is 8.23. The van der Waals surface area contributed by atoms with Gasteiger partial charge in [0.25, 0.3) is 5.91 Å². The smallest absolute Gasteiger partial charge is 0.256 e. The van der Waals surface area contributed by atoms with Crippen LogP contribution >= 0.6 is 0 Å². The van der Waals surface area contributed by atoms with Crippen LogP contribution in [0.4, 0.5) is 15.8 Å². The molecule has 2 fully saturated rings. The number of rotatable bonds is 5. The Morgan fingerprint density at radius 1 is 0.861 bits per heavy atom. The molecule has 4 aromatic rings. The van der Waals surface area contributed by atoms with E-state index in [0.717, 1.165) is 60.3 Å². The number of anilines is 2. The van der Waals surface area contributed by atoms with Crippen molar-refractivity contribution >= 4 is 28.1 Å². The average Bonchev–Trinajstić information content (AvgIpc) is 3.59. The Morgan fingerprint density at radius 3 is 2.47 bits per heavy atom. The van der Waals surface area contributed by atoms with Crippen LogP contribution in [-0.2, 0) is 13.0 Å². The van der Waals surface area contributed by atoms with E-state index >= 15 is 0 Å². The molecule has 1 amide bonds. The van der Waals surface area contributed by atoms with Gasteiger partial charge in [0.2, 0.25) is 0 Å². The number of nitrogens with zero attached hydrogens (tertiary/aromatic N) is 2. The van der Waals surface area contributed by atoms with Crippen molar-refractivity contribution in [2.24, 2.45) is 0 Å². The SMILES string of the molecule is O=C1Nc2ccc(Cc3ccc(CN4CCN(c5ccccc5F)CC45CC5)cc3)c3cccc1c23. The van der Waals surface area contributed by atoms with Crippen molar-refractivity contribution < 1.29 is 9.18 Å². The molecule has 2 aliphatic heterocycles. The third kappa shape index (κ3) is 3.58. The summed E-state index contributed by atoms with van der Waals surface area (Å²) in [6, 6.07) is 26.2.